The molecule has 1 saturated heterocycles. The molecule has 1 aliphatic rings. The van der Waals surface area contributed by atoms with Crippen LogP contribution >= 0.6 is 0 Å². The summed E-state index contributed by atoms with van der Waals surface area (Å²) >= 11 is 0. The van der Waals surface area contributed by atoms with Crippen molar-refractivity contribution in [1.82, 2.24) is 15.2 Å². The average molecular weight is 285 g/mol. The summed E-state index contributed by atoms with van der Waals surface area (Å²) in [5.41, 5.74) is 1.87. The first-order valence-corrected chi connectivity index (χ1v) is 7.85. The van der Waals surface area contributed by atoms with Gasteiger partial charge in [-0.15, -0.1) is 0 Å². The molecular formula is C17H23N3O. The molecule has 0 bridgehead atoms. The third kappa shape index (κ3) is 3.10. The second-order valence-corrected chi connectivity index (χ2v) is 5.82. The number of aromatic nitrogens is 1. The van der Waals surface area contributed by atoms with Crippen LogP contribution in [0.25, 0.3) is 10.9 Å². The van der Waals surface area contributed by atoms with Gasteiger partial charge in [-0.2, -0.15) is 0 Å². The molecule has 1 amide bonds. The van der Waals surface area contributed by atoms with Gasteiger partial charge in [-0.05, 0) is 63.0 Å². The van der Waals surface area contributed by atoms with Gasteiger partial charge in [0, 0.05) is 35.8 Å². The molecule has 1 aliphatic heterocycles. The zero-order valence-corrected chi connectivity index (χ0v) is 12.6. The number of benzene rings is 1. The summed E-state index contributed by atoms with van der Waals surface area (Å²) in [7, 11) is 0. The summed E-state index contributed by atoms with van der Waals surface area (Å²) in [6, 6.07) is 7.90. The molecule has 3 rings (SSSR count). The van der Waals surface area contributed by atoms with Crippen molar-refractivity contribution in [2.45, 2.75) is 19.8 Å². The molecule has 0 atom stereocenters. The number of aromatic amines is 1. The van der Waals surface area contributed by atoms with Crippen LogP contribution in [0, 0.1) is 5.92 Å². The summed E-state index contributed by atoms with van der Waals surface area (Å²) in [6.07, 6.45) is 4.24. The first kappa shape index (κ1) is 14.1. The van der Waals surface area contributed by atoms with Crippen molar-refractivity contribution < 1.29 is 4.79 Å². The largest absolute Gasteiger partial charge is 0.361 e. The third-order valence-electron chi connectivity index (χ3n) is 4.41. The highest BCUT2D eigenvalue weighted by Gasteiger charge is 2.20. The molecule has 0 spiro atoms. The SMILES string of the molecule is CCN(CC1CCNCC1)C(=O)c1ccc2[nH]ccc2c1. The number of hydrogen-bond donors (Lipinski definition) is 2. The highest BCUT2D eigenvalue weighted by atomic mass is 16.2. The van der Waals surface area contributed by atoms with Crippen LogP contribution in [0.2, 0.25) is 0 Å². The van der Waals surface area contributed by atoms with Crippen LogP contribution in [0.5, 0.6) is 0 Å². The topological polar surface area (TPSA) is 48.1 Å². The Kier molecular flexibility index (Phi) is 4.25. The fourth-order valence-electron chi connectivity index (χ4n) is 3.10. The quantitative estimate of drug-likeness (QED) is 0.907. The highest BCUT2D eigenvalue weighted by Crippen LogP contribution is 2.18. The summed E-state index contributed by atoms with van der Waals surface area (Å²) in [4.78, 5) is 17.9. The second kappa shape index (κ2) is 6.31. The Morgan fingerprint density at radius 2 is 2.10 bits per heavy atom. The van der Waals surface area contributed by atoms with E-state index in [1.54, 1.807) is 0 Å². The van der Waals surface area contributed by atoms with E-state index in [1.807, 2.05) is 35.4 Å². The van der Waals surface area contributed by atoms with Crippen LogP contribution in [-0.2, 0) is 0 Å². The van der Waals surface area contributed by atoms with Gasteiger partial charge in [-0.25, -0.2) is 0 Å². The molecule has 2 N–H and O–H groups in total. The number of hydrogen-bond acceptors (Lipinski definition) is 2. The van der Waals surface area contributed by atoms with Crippen molar-refractivity contribution in [3.63, 3.8) is 0 Å². The highest BCUT2D eigenvalue weighted by molar-refractivity contribution is 5.98. The van der Waals surface area contributed by atoms with E-state index in [4.69, 9.17) is 0 Å². The van der Waals surface area contributed by atoms with Crippen molar-refractivity contribution in [3.05, 3.63) is 36.0 Å². The van der Waals surface area contributed by atoms with E-state index in [0.29, 0.717) is 5.92 Å². The van der Waals surface area contributed by atoms with Crippen LogP contribution in [0.3, 0.4) is 0 Å². The number of nitrogens with zero attached hydrogens (tertiary/aromatic N) is 1. The Morgan fingerprint density at radius 3 is 2.86 bits per heavy atom. The van der Waals surface area contributed by atoms with Crippen molar-refractivity contribution >= 4 is 16.8 Å². The Morgan fingerprint density at radius 1 is 1.29 bits per heavy atom. The van der Waals surface area contributed by atoms with Crippen molar-refractivity contribution in [1.29, 1.82) is 0 Å². The number of H-pyrrole nitrogens is 1. The zero-order chi connectivity index (χ0) is 14.7. The van der Waals surface area contributed by atoms with Crippen LogP contribution in [0.1, 0.15) is 30.1 Å². The van der Waals surface area contributed by atoms with Crippen molar-refractivity contribution in [3.8, 4) is 0 Å². The van der Waals surface area contributed by atoms with Gasteiger partial charge < -0.3 is 15.2 Å². The predicted molar refractivity (Wildman–Crippen MR) is 85.5 cm³/mol. The average Bonchev–Trinajstić information content (AvgIpc) is 3.00. The molecule has 1 fully saturated rings. The van der Waals surface area contributed by atoms with Crippen LogP contribution in [0.15, 0.2) is 30.5 Å². The lowest BCUT2D eigenvalue weighted by atomic mass is 9.97. The lowest BCUT2D eigenvalue weighted by Crippen LogP contribution is -2.39. The zero-order valence-electron chi connectivity index (χ0n) is 12.6. The summed E-state index contributed by atoms with van der Waals surface area (Å²) < 4.78 is 0. The number of carbonyl (C=O) groups excluding carboxylic acids is 1. The molecular weight excluding hydrogens is 262 g/mol. The molecule has 0 aliphatic carbocycles. The van der Waals surface area contributed by atoms with E-state index >= 15 is 0 Å². The van der Waals surface area contributed by atoms with Gasteiger partial charge in [0.2, 0.25) is 0 Å². The standard InChI is InChI=1S/C17H23N3O/c1-2-20(12-13-5-8-18-9-6-13)17(21)15-3-4-16-14(11-15)7-10-19-16/h3-4,7,10-11,13,18-19H,2,5-6,8-9,12H2,1H3. The lowest BCUT2D eigenvalue weighted by Gasteiger charge is -2.29. The van der Waals surface area contributed by atoms with E-state index in [9.17, 15) is 4.79 Å². The Labute approximate surface area is 125 Å². The monoisotopic (exact) mass is 285 g/mol. The minimum atomic E-state index is 0.152. The fraction of sp³-hybridized carbons (Fsp3) is 0.471. The van der Waals surface area contributed by atoms with Crippen LogP contribution < -0.4 is 5.32 Å². The number of carbonyl (C=O) groups is 1. The number of rotatable bonds is 4. The molecule has 0 unspecified atom stereocenters. The van der Waals surface area contributed by atoms with Crippen molar-refractivity contribution in [2.24, 2.45) is 5.92 Å². The van der Waals surface area contributed by atoms with Gasteiger partial charge in [0.15, 0.2) is 0 Å². The molecule has 2 heterocycles. The van der Waals surface area contributed by atoms with Gasteiger partial charge in [0.1, 0.15) is 0 Å². The van der Waals surface area contributed by atoms with E-state index in [2.05, 4.69) is 17.2 Å². The Hall–Kier alpha value is -1.81. The Bertz CT molecular complexity index is 613. The maximum absolute atomic E-state index is 12.7. The number of amides is 1. The fourth-order valence-corrected chi connectivity index (χ4v) is 3.10. The Balaban J connectivity index is 1.74. The molecule has 0 saturated carbocycles. The summed E-state index contributed by atoms with van der Waals surface area (Å²) in [5.74, 6) is 0.783. The minimum Gasteiger partial charge on any atom is -0.361 e. The normalized spacial score (nSPS) is 16.2. The van der Waals surface area contributed by atoms with E-state index in [0.717, 1.165) is 42.6 Å². The molecule has 2 aromatic rings. The van der Waals surface area contributed by atoms with Gasteiger partial charge >= 0.3 is 0 Å². The number of fused-ring (bicyclic) bond motifs is 1. The first-order valence-electron chi connectivity index (χ1n) is 7.85. The van der Waals surface area contributed by atoms with E-state index in [-0.39, 0.29) is 5.91 Å². The maximum Gasteiger partial charge on any atom is 0.253 e. The van der Waals surface area contributed by atoms with Gasteiger partial charge in [-0.1, -0.05) is 0 Å². The number of nitrogens with one attached hydrogen (secondary N) is 2. The van der Waals surface area contributed by atoms with Crippen LogP contribution in [0.4, 0.5) is 0 Å². The number of piperidine rings is 1. The molecule has 112 valence electrons. The van der Waals surface area contributed by atoms with E-state index < -0.39 is 0 Å². The second-order valence-electron chi connectivity index (χ2n) is 5.82. The molecule has 1 aromatic heterocycles. The van der Waals surface area contributed by atoms with Crippen LogP contribution in [-0.4, -0.2) is 42.0 Å². The summed E-state index contributed by atoms with van der Waals surface area (Å²) in [5, 5.41) is 4.47. The minimum absolute atomic E-state index is 0.152. The molecule has 0 radical (unpaired) electrons. The van der Waals surface area contributed by atoms with Crippen molar-refractivity contribution in [2.75, 3.05) is 26.2 Å². The first-order chi connectivity index (χ1) is 10.3. The maximum atomic E-state index is 12.7. The molecule has 4 heteroatoms. The smallest absolute Gasteiger partial charge is 0.253 e. The van der Waals surface area contributed by atoms with Gasteiger partial charge in [-0.3, -0.25) is 4.79 Å². The molecule has 21 heavy (non-hydrogen) atoms. The molecule has 1 aromatic carbocycles. The van der Waals surface area contributed by atoms with E-state index in [1.165, 1.54) is 12.8 Å². The predicted octanol–water partition coefficient (Wildman–Crippen LogP) is 2.63. The lowest BCUT2D eigenvalue weighted by molar-refractivity contribution is 0.0727. The third-order valence-corrected chi connectivity index (χ3v) is 4.41. The molecule has 4 nitrogen and oxygen atoms in total. The summed E-state index contributed by atoms with van der Waals surface area (Å²) in [6.45, 7) is 5.86. The van der Waals surface area contributed by atoms with Gasteiger partial charge in [0.05, 0.1) is 0 Å². The van der Waals surface area contributed by atoms with Gasteiger partial charge in [0.25, 0.3) is 5.91 Å².